The maximum absolute atomic E-state index is 15.5. The van der Waals surface area contributed by atoms with E-state index in [1.807, 2.05) is 0 Å². The molecule has 0 saturated carbocycles. The smallest absolute Gasteiger partial charge is 0.254 e. The zero-order chi connectivity index (χ0) is 24.4. The molecule has 0 radical (unpaired) electrons. The summed E-state index contributed by atoms with van der Waals surface area (Å²) in [6.07, 6.45) is 0.267. The number of aliphatic hydroxyl groups excluding tert-OH is 1. The quantitative estimate of drug-likeness (QED) is 0.382. The van der Waals surface area contributed by atoms with E-state index in [1.54, 1.807) is 31.3 Å². The summed E-state index contributed by atoms with van der Waals surface area (Å²) < 4.78 is 43.7. The van der Waals surface area contributed by atoms with Gasteiger partial charge >= 0.3 is 0 Å². The summed E-state index contributed by atoms with van der Waals surface area (Å²) in [5.41, 5.74) is 7.13. The van der Waals surface area contributed by atoms with Crippen molar-refractivity contribution in [2.75, 3.05) is 12.4 Å². The fourth-order valence-electron chi connectivity index (χ4n) is 3.75. The molecule has 0 spiro atoms. The molecule has 0 saturated heterocycles. The molecule has 0 aliphatic heterocycles. The lowest BCUT2D eigenvalue weighted by Crippen LogP contribution is -2.38. The lowest BCUT2D eigenvalue weighted by atomic mass is 9.98. The summed E-state index contributed by atoms with van der Waals surface area (Å²) >= 11 is 0. The van der Waals surface area contributed by atoms with Crippen LogP contribution in [0.5, 0.6) is 0 Å². The molecule has 7 nitrogen and oxygen atoms in total. The first-order valence-electron chi connectivity index (χ1n) is 10.5. The van der Waals surface area contributed by atoms with Crippen LogP contribution in [0, 0.1) is 18.6 Å². The van der Waals surface area contributed by atoms with E-state index in [9.17, 15) is 18.7 Å². The number of anilines is 1. The molecule has 0 bridgehead atoms. The van der Waals surface area contributed by atoms with Gasteiger partial charge in [0, 0.05) is 18.2 Å². The standard InChI is InChI=1S/C24H22F3N5O2/c1-13-2-7-18(15-8-9-32-20(10-15)30-24(28)31-32)22(27)21(13)23(34)29-17(12-25)11-19(33)14-3-5-16(26)6-4-14/h2-10,17,19,33H,11-12H2,1H3,(H2,28,31)(H,29,34)/t17-,19-/m1/s1. The van der Waals surface area contributed by atoms with Gasteiger partial charge in [-0.1, -0.05) is 24.3 Å². The zero-order valence-electron chi connectivity index (χ0n) is 18.2. The number of alkyl halides is 1. The number of nitrogens with one attached hydrogen (secondary N) is 1. The van der Waals surface area contributed by atoms with Gasteiger partial charge in [0.05, 0.1) is 17.7 Å². The van der Waals surface area contributed by atoms with E-state index < -0.39 is 36.4 Å². The summed E-state index contributed by atoms with van der Waals surface area (Å²) in [5.74, 6) is -1.98. The molecule has 0 fully saturated rings. The number of nitrogens with two attached hydrogens (primary N) is 1. The summed E-state index contributed by atoms with van der Waals surface area (Å²) in [6, 6.07) is 10.4. The number of carbonyl (C=O) groups is 1. The van der Waals surface area contributed by atoms with Gasteiger partial charge in [0.15, 0.2) is 5.65 Å². The number of pyridine rings is 1. The van der Waals surface area contributed by atoms with Crippen molar-refractivity contribution in [3.63, 3.8) is 0 Å². The fourth-order valence-corrected chi connectivity index (χ4v) is 3.75. The van der Waals surface area contributed by atoms with Gasteiger partial charge in [-0.15, -0.1) is 5.10 Å². The van der Waals surface area contributed by atoms with E-state index in [0.717, 1.165) is 0 Å². The molecule has 4 aromatic rings. The first-order valence-corrected chi connectivity index (χ1v) is 10.5. The summed E-state index contributed by atoms with van der Waals surface area (Å²) in [4.78, 5) is 17.0. The van der Waals surface area contributed by atoms with Crippen LogP contribution in [-0.2, 0) is 0 Å². The Morgan fingerprint density at radius 1 is 1.18 bits per heavy atom. The average Bonchev–Trinajstić information content (AvgIpc) is 3.18. The molecule has 0 aliphatic carbocycles. The maximum Gasteiger partial charge on any atom is 0.254 e. The minimum Gasteiger partial charge on any atom is -0.388 e. The molecule has 2 atom stereocenters. The Balaban J connectivity index is 1.57. The van der Waals surface area contributed by atoms with Gasteiger partial charge in [0.2, 0.25) is 5.95 Å². The lowest BCUT2D eigenvalue weighted by molar-refractivity contribution is 0.0891. The van der Waals surface area contributed by atoms with Crippen molar-refractivity contribution in [1.29, 1.82) is 0 Å². The van der Waals surface area contributed by atoms with Crippen LogP contribution in [0.25, 0.3) is 16.8 Å². The fraction of sp³-hybridized carbons (Fsp3) is 0.208. The Morgan fingerprint density at radius 2 is 1.91 bits per heavy atom. The van der Waals surface area contributed by atoms with E-state index in [4.69, 9.17) is 5.73 Å². The number of aliphatic hydroxyl groups is 1. The number of aromatic nitrogens is 3. The highest BCUT2D eigenvalue weighted by Gasteiger charge is 2.24. The van der Waals surface area contributed by atoms with Crippen molar-refractivity contribution in [2.24, 2.45) is 0 Å². The Bertz CT molecular complexity index is 1340. The van der Waals surface area contributed by atoms with Crippen molar-refractivity contribution in [3.05, 3.63) is 83.1 Å². The predicted molar refractivity (Wildman–Crippen MR) is 121 cm³/mol. The number of carbonyl (C=O) groups excluding carboxylic acids is 1. The van der Waals surface area contributed by atoms with Gasteiger partial charge in [-0.3, -0.25) is 4.79 Å². The number of fused-ring (bicyclic) bond motifs is 1. The number of amides is 1. The average molecular weight is 469 g/mol. The van der Waals surface area contributed by atoms with Crippen LogP contribution in [-0.4, -0.2) is 38.3 Å². The Kier molecular flexibility index (Phi) is 6.51. The van der Waals surface area contributed by atoms with E-state index in [-0.39, 0.29) is 23.5 Å². The Hall–Kier alpha value is -3.92. The monoisotopic (exact) mass is 469 g/mol. The van der Waals surface area contributed by atoms with Crippen LogP contribution in [0.4, 0.5) is 19.1 Å². The summed E-state index contributed by atoms with van der Waals surface area (Å²) in [7, 11) is 0. The number of rotatable bonds is 7. The second-order valence-corrected chi connectivity index (χ2v) is 7.93. The topological polar surface area (TPSA) is 106 Å². The maximum atomic E-state index is 15.5. The van der Waals surface area contributed by atoms with Gasteiger partial charge in [0.25, 0.3) is 5.91 Å². The number of nitrogen functional groups attached to an aromatic ring is 1. The number of hydrogen-bond acceptors (Lipinski definition) is 5. The van der Waals surface area contributed by atoms with Crippen LogP contribution >= 0.6 is 0 Å². The zero-order valence-corrected chi connectivity index (χ0v) is 18.2. The molecule has 1 amide bonds. The second kappa shape index (κ2) is 9.52. The minimum atomic E-state index is -1.14. The Morgan fingerprint density at radius 3 is 2.62 bits per heavy atom. The van der Waals surface area contributed by atoms with E-state index in [1.165, 1.54) is 34.8 Å². The number of benzene rings is 2. The third-order valence-corrected chi connectivity index (χ3v) is 5.53. The van der Waals surface area contributed by atoms with Crippen LogP contribution in [0.3, 0.4) is 0 Å². The first-order chi connectivity index (χ1) is 16.3. The van der Waals surface area contributed by atoms with Gasteiger partial charge in [-0.05, 0) is 47.9 Å². The van der Waals surface area contributed by atoms with E-state index in [2.05, 4.69) is 15.4 Å². The highest BCUT2D eigenvalue weighted by Crippen LogP contribution is 2.28. The molecule has 2 aromatic heterocycles. The molecular weight excluding hydrogens is 447 g/mol. The molecule has 4 N–H and O–H groups in total. The summed E-state index contributed by atoms with van der Waals surface area (Å²) in [5, 5.41) is 16.8. The third kappa shape index (κ3) is 4.72. The highest BCUT2D eigenvalue weighted by atomic mass is 19.1. The largest absolute Gasteiger partial charge is 0.388 e. The summed E-state index contributed by atoms with van der Waals surface area (Å²) in [6.45, 7) is 0.595. The number of hydrogen-bond donors (Lipinski definition) is 3. The predicted octanol–water partition coefficient (Wildman–Crippen LogP) is 3.76. The van der Waals surface area contributed by atoms with Gasteiger partial charge in [-0.2, -0.15) is 4.98 Å². The van der Waals surface area contributed by atoms with Crippen molar-refractivity contribution >= 4 is 17.5 Å². The molecular formula is C24H22F3N5O2. The molecule has 4 rings (SSSR count). The molecule has 10 heteroatoms. The van der Waals surface area contributed by atoms with Crippen molar-refractivity contribution in [1.82, 2.24) is 19.9 Å². The van der Waals surface area contributed by atoms with Crippen LogP contribution < -0.4 is 11.1 Å². The van der Waals surface area contributed by atoms with Gasteiger partial charge in [0.1, 0.15) is 18.3 Å². The molecule has 34 heavy (non-hydrogen) atoms. The minimum absolute atomic E-state index is 0.0710. The molecule has 0 unspecified atom stereocenters. The molecule has 0 aliphatic rings. The molecule has 176 valence electrons. The number of aryl methyl sites for hydroxylation is 1. The van der Waals surface area contributed by atoms with Crippen molar-refractivity contribution < 1.29 is 23.1 Å². The van der Waals surface area contributed by atoms with Gasteiger partial charge < -0.3 is 16.2 Å². The van der Waals surface area contributed by atoms with E-state index >= 15 is 4.39 Å². The lowest BCUT2D eigenvalue weighted by Gasteiger charge is -2.20. The highest BCUT2D eigenvalue weighted by molar-refractivity contribution is 5.97. The number of halogens is 3. The number of nitrogens with zero attached hydrogens (tertiary/aromatic N) is 3. The van der Waals surface area contributed by atoms with Crippen molar-refractivity contribution in [3.8, 4) is 11.1 Å². The van der Waals surface area contributed by atoms with Crippen LogP contribution in [0.15, 0.2) is 54.7 Å². The van der Waals surface area contributed by atoms with Crippen LogP contribution in [0.1, 0.15) is 34.0 Å². The third-order valence-electron chi connectivity index (χ3n) is 5.53. The SMILES string of the molecule is Cc1ccc(-c2ccn3nc(N)nc3c2)c(F)c1C(=O)N[C@@H](CF)C[C@@H](O)c1ccc(F)cc1. The van der Waals surface area contributed by atoms with Crippen LogP contribution in [0.2, 0.25) is 0 Å². The van der Waals surface area contributed by atoms with Crippen molar-refractivity contribution in [2.45, 2.75) is 25.5 Å². The molecule has 2 aromatic carbocycles. The van der Waals surface area contributed by atoms with Gasteiger partial charge in [-0.25, -0.2) is 17.7 Å². The Labute approximate surface area is 193 Å². The van der Waals surface area contributed by atoms with E-state index in [0.29, 0.717) is 22.3 Å². The molecule has 2 heterocycles. The normalized spacial score (nSPS) is 13.1. The first kappa shape index (κ1) is 23.2. The second-order valence-electron chi connectivity index (χ2n) is 7.93.